The molecule has 1 fully saturated rings. The SMILES string of the molecule is O=C1C=CC(=O)N1C/C=C/C1CC1. The molecule has 2 rings (SSSR count). The Morgan fingerprint density at radius 2 is 1.92 bits per heavy atom. The summed E-state index contributed by atoms with van der Waals surface area (Å²) in [7, 11) is 0. The van der Waals surface area contributed by atoms with Crippen LogP contribution in [0.3, 0.4) is 0 Å². The summed E-state index contributed by atoms with van der Waals surface area (Å²) in [4.78, 5) is 23.4. The number of nitrogens with zero attached hydrogens (tertiary/aromatic N) is 1. The van der Waals surface area contributed by atoms with E-state index in [1.807, 2.05) is 6.08 Å². The predicted molar refractivity (Wildman–Crippen MR) is 47.7 cm³/mol. The Balaban J connectivity index is 1.86. The first-order valence-electron chi connectivity index (χ1n) is 4.47. The van der Waals surface area contributed by atoms with Crippen molar-refractivity contribution < 1.29 is 9.59 Å². The number of allylic oxidation sites excluding steroid dienone is 1. The van der Waals surface area contributed by atoms with Crippen molar-refractivity contribution in [3.05, 3.63) is 24.3 Å². The highest BCUT2D eigenvalue weighted by atomic mass is 16.2. The van der Waals surface area contributed by atoms with Crippen molar-refractivity contribution in [1.82, 2.24) is 4.90 Å². The molecule has 1 aliphatic heterocycles. The molecule has 2 aliphatic rings. The van der Waals surface area contributed by atoms with Gasteiger partial charge in [0, 0.05) is 18.7 Å². The predicted octanol–water partition coefficient (Wildman–Crippen LogP) is 0.878. The summed E-state index contributed by atoms with van der Waals surface area (Å²) in [5.41, 5.74) is 0. The average molecular weight is 177 g/mol. The Hall–Kier alpha value is -1.38. The van der Waals surface area contributed by atoms with Gasteiger partial charge in [-0.2, -0.15) is 0 Å². The molecular formula is C10H11NO2. The molecule has 3 heteroatoms. The molecule has 0 aromatic carbocycles. The molecule has 2 amide bonds. The van der Waals surface area contributed by atoms with Crippen LogP contribution in [0, 0.1) is 5.92 Å². The Bertz CT molecular complexity index is 282. The summed E-state index contributed by atoms with van der Waals surface area (Å²) in [6.45, 7) is 0.418. The molecule has 0 spiro atoms. The van der Waals surface area contributed by atoms with E-state index in [4.69, 9.17) is 0 Å². The van der Waals surface area contributed by atoms with E-state index in [0.29, 0.717) is 12.5 Å². The zero-order valence-corrected chi connectivity index (χ0v) is 7.27. The lowest BCUT2D eigenvalue weighted by Crippen LogP contribution is -2.29. The van der Waals surface area contributed by atoms with Gasteiger partial charge in [-0.25, -0.2) is 0 Å². The number of imide groups is 1. The van der Waals surface area contributed by atoms with Crippen LogP contribution in [0.15, 0.2) is 24.3 Å². The third-order valence-electron chi connectivity index (χ3n) is 2.22. The lowest BCUT2D eigenvalue weighted by Gasteiger charge is -2.09. The van der Waals surface area contributed by atoms with Gasteiger partial charge < -0.3 is 0 Å². The standard InChI is InChI=1S/C10H11NO2/c12-9-5-6-10(13)11(9)7-1-2-8-3-4-8/h1-2,5-6,8H,3-4,7H2/b2-1+. The van der Waals surface area contributed by atoms with E-state index < -0.39 is 0 Å². The van der Waals surface area contributed by atoms with E-state index >= 15 is 0 Å². The van der Waals surface area contributed by atoms with Crippen LogP contribution in [0.1, 0.15) is 12.8 Å². The van der Waals surface area contributed by atoms with Crippen molar-refractivity contribution in [2.45, 2.75) is 12.8 Å². The van der Waals surface area contributed by atoms with E-state index in [0.717, 1.165) is 0 Å². The van der Waals surface area contributed by atoms with Crippen LogP contribution in [0.5, 0.6) is 0 Å². The van der Waals surface area contributed by atoms with Crippen LogP contribution in [-0.4, -0.2) is 23.3 Å². The molecule has 0 atom stereocenters. The number of hydrogen-bond donors (Lipinski definition) is 0. The zero-order chi connectivity index (χ0) is 9.26. The van der Waals surface area contributed by atoms with Crippen LogP contribution >= 0.6 is 0 Å². The van der Waals surface area contributed by atoms with E-state index in [-0.39, 0.29) is 11.8 Å². The van der Waals surface area contributed by atoms with Gasteiger partial charge >= 0.3 is 0 Å². The highest BCUT2D eigenvalue weighted by Gasteiger charge is 2.22. The molecule has 13 heavy (non-hydrogen) atoms. The zero-order valence-electron chi connectivity index (χ0n) is 7.27. The first kappa shape index (κ1) is 8.23. The summed E-state index contributed by atoms with van der Waals surface area (Å²) in [6, 6.07) is 0. The summed E-state index contributed by atoms with van der Waals surface area (Å²) in [5, 5.41) is 0. The molecule has 1 heterocycles. The summed E-state index contributed by atoms with van der Waals surface area (Å²) in [6.07, 6.45) is 9.10. The lowest BCUT2D eigenvalue weighted by molar-refractivity contribution is -0.136. The minimum Gasteiger partial charge on any atom is -0.272 e. The second-order valence-electron chi connectivity index (χ2n) is 3.39. The van der Waals surface area contributed by atoms with Crippen LogP contribution in [-0.2, 0) is 9.59 Å². The molecule has 1 saturated carbocycles. The van der Waals surface area contributed by atoms with E-state index in [2.05, 4.69) is 6.08 Å². The van der Waals surface area contributed by atoms with Gasteiger partial charge in [-0.1, -0.05) is 12.2 Å². The fraction of sp³-hybridized carbons (Fsp3) is 0.400. The van der Waals surface area contributed by atoms with Crippen molar-refractivity contribution in [2.24, 2.45) is 5.92 Å². The van der Waals surface area contributed by atoms with Gasteiger partial charge in [0.2, 0.25) is 0 Å². The Morgan fingerprint density at radius 1 is 1.31 bits per heavy atom. The molecule has 0 radical (unpaired) electrons. The highest BCUT2D eigenvalue weighted by Crippen LogP contribution is 2.29. The van der Waals surface area contributed by atoms with Crippen LogP contribution in [0.2, 0.25) is 0 Å². The van der Waals surface area contributed by atoms with Crippen molar-refractivity contribution in [3.63, 3.8) is 0 Å². The number of carbonyl (C=O) groups excluding carboxylic acids is 2. The van der Waals surface area contributed by atoms with Gasteiger partial charge in [0.05, 0.1) is 0 Å². The minimum absolute atomic E-state index is 0.203. The average Bonchev–Trinajstić information content (AvgIpc) is 2.86. The van der Waals surface area contributed by atoms with E-state index in [9.17, 15) is 9.59 Å². The van der Waals surface area contributed by atoms with Gasteiger partial charge in [-0.3, -0.25) is 14.5 Å². The molecule has 0 bridgehead atoms. The third kappa shape index (κ3) is 1.86. The van der Waals surface area contributed by atoms with Crippen molar-refractivity contribution >= 4 is 11.8 Å². The summed E-state index contributed by atoms with van der Waals surface area (Å²) >= 11 is 0. The van der Waals surface area contributed by atoms with Gasteiger partial charge in [0.1, 0.15) is 0 Å². The number of hydrogen-bond acceptors (Lipinski definition) is 2. The second-order valence-corrected chi connectivity index (χ2v) is 3.39. The molecule has 0 N–H and O–H groups in total. The van der Waals surface area contributed by atoms with Crippen LogP contribution < -0.4 is 0 Å². The lowest BCUT2D eigenvalue weighted by atomic mass is 10.3. The molecule has 0 unspecified atom stereocenters. The smallest absolute Gasteiger partial charge is 0.253 e. The summed E-state index contributed by atoms with van der Waals surface area (Å²) < 4.78 is 0. The van der Waals surface area contributed by atoms with Gasteiger partial charge in [0.25, 0.3) is 11.8 Å². The van der Waals surface area contributed by atoms with Crippen molar-refractivity contribution in [2.75, 3.05) is 6.54 Å². The Morgan fingerprint density at radius 3 is 2.46 bits per heavy atom. The molecule has 68 valence electrons. The van der Waals surface area contributed by atoms with Gasteiger partial charge in [-0.05, 0) is 18.8 Å². The molecule has 1 aliphatic carbocycles. The maximum Gasteiger partial charge on any atom is 0.253 e. The van der Waals surface area contributed by atoms with Gasteiger partial charge in [0.15, 0.2) is 0 Å². The molecule has 0 saturated heterocycles. The van der Waals surface area contributed by atoms with Crippen molar-refractivity contribution in [1.29, 1.82) is 0 Å². The maximum atomic E-state index is 11.1. The molecular weight excluding hydrogens is 166 g/mol. The minimum atomic E-state index is -0.203. The highest BCUT2D eigenvalue weighted by molar-refractivity contribution is 6.12. The second kappa shape index (κ2) is 3.17. The number of rotatable bonds is 3. The van der Waals surface area contributed by atoms with E-state index in [1.54, 1.807) is 0 Å². The Kier molecular flexibility index (Phi) is 2.00. The Labute approximate surface area is 76.7 Å². The largest absolute Gasteiger partial charge is 0.272 e. The number of amides is 2. The molecule has 0 aromatic heterocycles. The van der Waals surface area contributed by atoms with Crippen LogP contribution in [0.25, 0.3) is 0 Å². The molecule has 0 aromatic rings. The fourth-order valence-corrected chi connectivity index (χ4v) is 1.26. The number of carbonyl (C=O) groups is 2. The monoisotopic (exact) mass is 177 g/mol. The summed E-state index contributed by atoms with van der Waals surface area (Å²) in [5.74, 6) is 0.289. The maximum absolute atomic E-state index is 11.1. The van der Waals surface area contributed by atoms with Crippen LogP contribution in [0.4, 0.5) is 0 Å². The van der Waals surface area contributed by atoms with Gasteiger partial charge in [-0.15, -0.1) is 0 Å². The first-order chi connectivity index (χ1) is 6.27. The molecule has 3 nitrogen and oxygen atoms in total. The quantitative estimate of drug-likeness (QED) is 0.474. The normalized spacial score (nSPS) is 22.3. The topological polar surface area (TPSA) is 37.4 Å². The fourth-order valence-electron chi connectivity index (χ4n) is 1.26. The van der Waals surface area contributed by atoms with Crippen molar-refractivity contribution in [3.8, 4) is 0 Å². The first-order valence-corrected chi connectivity index (χ1v) is 4.47. The van der Waals surface area contributed by atoms with E-state index in [1.165, 1.54) is 29.9 Å². The third-order valence-corrected chi connectivity index (χ3v) is 2.22.